The van der Waals surface area contributed by atoms with Gasteiger partial charge < -0.3 is 10.0 Å². The molecule has 0 aromatic carbocycles. The number of carbonyl (C=O) groups is 1. The summed E-state index contributed by atoms with van der Waals surface area (Å²) >= 11 is 0. The smallest absolute Gasteiger partial charge is 0.136 e. The monoisotopic (exact) mass is 199 g/mol. The van der Waals surface area contributed by atoms with Crippen molar-refractivity contribution in [2.75, 3.05) is 20.2 Å². The number of rotatable bonds is 5. The second-order valence-corrected chi connectivity index (χ2v) is 4.36. The van der Waals surface area contributed by atoms with Crippen molar-refractivity contribution in [1.82, 2.24) is 4.90 Å². The number of hydrogen-bond donors (Lipinski definition) is 1. The van der Waals surface area contributed by atoms with E-state index in [1.54, 1.807) is 0 Å². The lowest BCUT2D eigenvalue weighted by Gasteiger charge is -2.23. The molecule has 1 fully saturated rings. The third kappa shape index (κ3) is 3.07. The summed E-state index contributed by atoms with van der Waals surface area (Å²) in [5, 5.41) is 8.94. The average Bonchev–Trinajstić information content (AvgIpc) is 2.59. The molecule has 0 aromatic heterocycles. The number of Topliss-reactive ketones (excluding diaryl/α,β-unsaturated/α-hetero) is 1. The molecule has 0 saturated heterocycles. The zero-order valence-corrected chi connectivity index (χ0v) is 9.20. The van der Waals surface area contributed by atoms with E-state index in [4.69, 9.17) is 5.11 Å². The molecular formula is C11H21NO2. The third-order valence-corrected chi connectivity index (χ3v) is 3.28. The van der Waals surface area contributed by atoms with Gasteiger partial charge in [0, 0.05) is 18.4 Å². The Balaban J connectivity index is 2.22. The molecule has 2 atom stereocenters. The van der Waals surface area contributed by atoms with Crippen LogP contribution in [0.4, 0.5) is 0 Å². The predicted molar refractivity (Wildman–Crippen MR) is 56.1 cm³/mol. The first-order valence-corrected chi connectivity index (χ1v) is 5.49. The molecule has 0 bridgehead atoms. The van der Waals surface area contributed by atoms with Gasteiger partial charge in [-0.05, 0) is 39.8 Å². The fraction of sp³-hybridized carbons (Fsp3) is 0.909. The zero-order chi connectivity index (χ0) is 10.6. The Morgan fingerprint density at radius 3 is 2.86 bits per heavy atom. The van der Waals surface area contributed by atoms with Gasteiger partial charge in [-0.3, -0.25) is 4.79 Å². The van der Waals surface area contributed by atoms with Crippen LogP contribution in [-0.2, 0) is 4.79 Å². The van der Waals surface area contributed by atoms with Crippen LogP contribution in [0.15, 0.2) is 0 Å². The number of nitrogens with zero attached hydrogens (tertiary/aromatic N) is 1. The third-order valence-electron chi connectivity index (χ3n) is 3.28. The molecule has 0 aliphatic heterocycles. The molecule has 0 aromatic rings. The molecule has 1 rings (SSSR count). The lowest BCUT2D eigenvalue weighted by atomic mass is 10.0. The van der Waals surface area contributed by atoms with E-state index in [1.165, 1.54) is 0 Å². The molecule has 3 nitrogen and oxygen atoms in total. The van der Waals surface area contributed by atoms with Crippen molar-refractivity contribution < 1.29 is 9.90 Å². The quantitative estimate of drug-likeness (QED) is 0.719. The second kappa shape index (κ2) is 5.47. The number of aliphatic hydroxyl groups excluding tert-OH is 1. The Bertz CT molecular complexity index is 194. The molecule has 1 aliphatic carbocycles. The Morgan fingerprint density at radius 1 is 1.64 bits per heavy atom. The minimum absolute atomic E-state index is 0.190. The van der Waals surface area contributed by atoms with Crippen molar-refractivity contribution in [1.29, 1.82) is 0 Å². The van der Waals surface area contributed by atoms with Crippen LogP contribution in [-0.4, -0.2) is 42.0 Å². The van der Waals surface area contributed by atoms with E-state index in [9.17, 15) is 4.79 Å². The molecule has 0 radical (unpaired) electrons. The van der Waals surface area contributed by atoms with E-state index in [-0.39, 0.29) is 12.6 Å². The van der Waals surface area contributed by atoms with Gasteiger partial charge in [-0.15, -0.1) is 0 Å². The fourth-order valence-corrected chi connectivity index (χ4v) is 1.91. The molecule has 82 valence electrons. The fourth-order valence-electron chi connectivity index (χ4n) is 1.91. The zero-order valence-electron chi connectivity index (χ0n) is 9.20. The number of ketones is 1. The molecule has 2 unspecified atom stereocenters. The van der Waals surface area contributed by atoms with Gasteiger partial charge in [0.05, 0.1) is 6.61 Å². The van der Waals surface area contributed by atoms with E-state index in [1.807, 2.05) is 14.0 Å². The highest BCUT2D eigenvalue weighted by molar-refractivity contribution is 5.82. The van der Waals surface area contributed by atoms with E-state index >= 15 is 0 Å². The maximum atomic E-state index is 11.4. The first kappa shape index (κ1) is 11.7. The lowest BCUT2D eigenvalue weighted by molar-refractivity contribution is -0.120. The summed E-state index contributed by atoms with van der Waals surface area (Å²) in [6.45, 7) is 3.10. The molecule has 14 heavy (non-hydrogen) atoms. The summed E-state index contributed by atoms with van der Waals surface area (Å²) in [4.78, 5) is 13.5. The van der Waals surface area contributed by atoms with Crippen molar-refractivity contribution >= 4 is 5.78 Å². The van der Waals surface area contributed by atoms with Crippen molar-refractivity contribution in [2.24, 2.45) is 5.92 Å². The van der Waals surface area contributed by atoms with Crippen LogP contribution in [0.3, 0.4) is 0 Å². The summed E-state index contributed by atoms with van der Waals surface area (Å²) in [5.41, 5.74) is 0. The minimum Gasteiger partial charge on any atom is -0.395 e. The molecule has 0 heterocycles. The number of likely N-dealkylation sites (N-methyl/N-ethyl adjacent to an activating group) is 1. The summed E-state index contributed by atoms with van der Waals surface area (Å²) in [6.07, 6.45) is 3.88. The van der Waals surface area contributed by atoms with Crippen LogP contribution in [0.2, 0.25) is 0 Å². The van der Waals surface area contributed by atoms with Crippen molar-refractivity contribution in [2.45, 2.75) is 38.6 Å². The SMILES string of the molecule is CC(CO)N(C)CCC1CCCC1=O. The summed E-state index contributed by atoms with van der Waals surface area (Å²) in [6, 6.07) is 0.200. The highest BCUT2D eigenvalue weighted by Crippen LogP contribution is 2.24. The number of hydrogen-bond acceptors (Lipinski definition) is 3. The van der Waals surface area contributed by atoms with Gasteiger partial charge in [0.2, 0.25) is 0 Å². The average molecular weight is 199 g/mol. The van der Waals surface area contributed by atoms with Crippen LogP contribution in [0.1, 0.15) is 32.6 Å². The van der Waals surface area contributed by atoms with Crippen molar-refractivity contribution in [3.05, 3.63) is 0 Å². The highest BCUT2D eigenvalue weighted by Gasteiger charge is 2.24. The normalized spacial score (nSPS) is 24.6. The van der Waals surface area contributed by atoms with Gasteiger partial charge in [0.1, 0.15) is 5.78 Å². The first-order valence-electron chi connectivity index (χ1n) is 5.49. The molecule has 0 spiro atoms. The standard InChI is InChI=1S/C11H21NO2/c1-9(8-13)12(2)7-6-10-4-3-5-11(10)14/h9-10,13H,3-8H2,1-2H3. The van der Waals surface area contributed by atoms with E-state index in [0.29, 0.717) is 11.7 Å². The predicted octanol–water partition coefficient (Wildman–Crippen LogP) is 1.06. The van der Waals surface area contributed by atoms with Crippen LogP contribution in [0.5, 0.6) is 0 Å². The summed E-state index contributed by atoms with van der Waals surface area (Å²) < 4.78 is 0. The molecule has 1 saturated carbocycles. The van der Waals surface area contributed by atoms with E-state index in [0.717, 1.165) is 32.2 Å². The molecular weight excluding hydrogens is 178 g/mol. The van der Waals surface area contributed by atoms with E-state index in [2.05, 4.69) is 4.90 Å². The lowest BCUT2D eigenvalue weighted by Crippen LogP contribution is -2.33. The van der Waals surface area contributed by atoms with Crippen LogP contribution in [0.25, 0.3) is 0 Å². The number of aliphatic hydroxyl groups is 1. The Kier molecular flexibility index (Phi) is 4.55. The topological polar surface area (TPSA) is 40.5 Å². The van der Waals surface area contributed by atoms with Crippen LogP contribution < -0.4 is 0 Å². The molecule has 1 N–H and O–H groups in total. The minimum atomic E-state index is 0.190. The van der Waals surface area contributed by atoms with Gasteiger partial charge in [0.15, 0.2) is 0 Å². The van der Waals surface area contributed by atoms with Gasteiger partial charge in [-0.1, -0.05) is 0 Å². The first-order chi connectivity index (χ1) is 6.65. The van der Waals surface area contributed by atoms with Crippen LogP contribution in [0, 0.1) is 5.92 Å². The van der Waals surface area contributed by atoms with Gasteiger partial charge in [-0.2, -0.15) is 0 Å². The Labute approximate surface area is 86.1 Å². The van der Waals surface area contributed by atoms with Gasteiger partial charge in [0.25, 0.3) is 0 Å². The molecule has 1 aliphatic rings. The van der Waals surface area contributed by atoms with Crippen molar-refractivity contribution in [3.8, 4) is 0 Å². The molecule has 3 heteroatoms. The number of carbonyl (C=O) groups excluding carboxylic acids is 1. The second-order valence-electron chi connectivity index (χ2n) is 4.36. The largest absolute Gasteiger partial charge is 0.395 e. The molecule has 0 amide bonds. The summed E-state index contributed by atoms with van der Waals surface area (Å²) in [5.74, 6) is 0.735. The Morgan fingerprint density at radius 2 is 2.36 bits per heavy atom. The maximum absolute atomic E-state index is 11.4. The summed E-state index contributed by atoms with van der Waals surface area (Å²) in [7, 11) is 2.00. The highest BCUT2D eigenvalue weighted by atomic mass is 16.3. The van der Waals surface area contributed by atoms with Gasteiger partial charge >= 0.3 is 0 Å². The van der Waals surface area contributed by atoms with Crippen molar-refractivity contribution in [3.63, 3.8) is 0 Å². The van der Waals surface area contributed by atoms with Crippen LogP contribution >= 0.6 is 0 Å². The van der Waals surface area contributed by atoms with Gasteiger partial charge in [-0.25, -0.2) is 0 Å². The maximum Gasteiger partial charge on any atom is 0.136 e. The van der Waals surface area contributed by atoms with E-state index < -0.39 is 0 Å². The Hall–Kier alpha value is -0.410.